The van der Waals surface area contributed by atoms with Crippen LogP contribution in [0.5, 0.6) is 5.75 Å². The molecular formula is C25H24N2O4S. The van der Waals surface area contributed by atoms with Crippen LogP contribution in [-0.2, 0) is 9.59 Å². The Bertz CT molecular complexity index is 1190. The number of nitrogens with zero attached hydrogens (tertiary/aromatic N) is 2. The number of amides is 1. The number of rotatable bonds is 5. The molecule has 6 nitrogen and oxygen atoms in total. The maximum absolute atomic E-state index is 13.2. The van der Waals surface area contributed by atoms with Gasteiger partial charge in [0.05, 0.1) is 23.9 Å². The molecule has 1 aromatic heterocycles. The monoisotopic (exact) mass is 448 g/mol. The van der Waals surface area contributed by atoms with Crippen LogP contribution in [0.15, 0.2) is 54.1 Å². The second-order valence-corrected chi connectivity index (χ2v) is 8.86. The maximum Gasteiger partial charge on any atom is 0.301 e. The number of anilines is 1. The highest BCUT2D eigenvalue weighted by Gasteiger charge is 2.48. The van der Waals surface area contributed by atoms with Gasteiger partial charge in [-0.25, -0.2) is 4.98 Å². The zero-order chi connectivity index (χ0) is 23.0. The molecule has 164 valence electrons. The number of aromatic nitrogens is 1. The number of thiazole rings is 1. The lowest BCUT2D eigenvalue weighted by Gasteiger charge is -2.23. The minimum atomic E-state index is -0.795. The van der Waals surface area contributed by atoms with E-state index in [-0.39, 0.29) is 11.3 Å². The molecule has 2 heterocycles. The number of aliphatic hydroxyl groups excluding tert-OH is 1. The highest BCUT2D eigenvalue weighted by molar-refractivity contribution is 7.16. The van der Waals surface area contributed by atoms with Crippen LogP contribution in [0.2, 0.25) is 0 Å². The Balaban J connectivity index is 1.90. The molecule has 7 heteroatoms. The molecule has 1 atom stereocenters. The molecule has 0 spiro atoms. The van der Waals surface area contributed by atoms with Crippen molar-refractivity contribution in [2.24, 2.45) is 0 Å². The molecule has 0 aliphatic carbocycles. The highest BCUT2D eigenvalue weighted by atomic mass is 32.1. The van der Waals surface area contributed by atoms with E-state index in [1.165, 1.54) is 16.2 Å². The lowest BCUT2D eigenvalue weighted by atomic mass is 9.95. The van der Waals surface area contributed by atoms with Crippen molar-refractivity contribution in [3.05, 3.63) is 81.4 Å². The van der Waals surface area contributed by atoms with E-state index in [2.05, 4.69) is 4.98 Å². The van der Waals surface area contributed by atoms with Gasteiger partial charge >= 0.3 is 5.91 Å². The number of carbonyl (C=O) groups is 2. The summed E-state index contributed by atoms with van der Waals surface area (Å²) >= 11 is 1.35. The highest BCUT2D eigenvalue weighted by Crippen LogP contribution is 2.44. The lowest BCUT2D eigenvalue weighted by Crippen LogP contribution is -2.29. The largest absolute Gasteiger partial charge is 0.507 e. The summed E-state index contributed by atoms with van der Waals surface area (Å²) in [5.41, 5.74) is 3.05. The first-order valence-corrected chi connectivity index (χ1v) is 11.2. The average Bonchev–Trinajstić information content (AvgIpc) is 3.24. The van der Waals surface area contributed by atoms with Crippen molar-refractivity contribution in [3.8, 4) is 5.75 Å². The summed E-state index contributed by atoms with van der Waals surface area (Å²) in [5, 5.41) is 11.6. The summed E-state index contributed by atoms with van der Waals surface area (Å²) in [6.45, 7) is 8.16. The van der Waals surface area contributed by atoms with Crippen LogP contribution in [-0.4, -0.2) is 28.4 Å². The first-order valence-electron chi connectivity index (χ1n) is 10.4. The molecule has 3 aromatic rings. The second-order valence-electron chi connectivity index (χ2n) is 7.68. The van der Waals surface area contributed by atoms with E-state index in [4.69, 9.17) is 4.74 Å². The van der Waals surface area contributed by atoms with Gasteiger partial charge in [0, 0.05) is 10.4 Å². The number of ether oxygens (including phenoxy) is 1. The van der Waals surface area contributed by atoms with Gasteiger partial charge in [0.15, 0.2) is 5.13 Å². The first-order chi connectivity index (χ1) is 15.3. The molecule has 0 radical (unpaired) electrons. The van der Waals surface area contributed by atoms with Crippen LogP contribution >= 0.6 is 11.3 Å². The number of Topliss-reactive ketones (excluding diaryl/α,β-unsaturated/α-hetero) is 1. The maximum atomic E-state index is 13.2. The fourth-order valence-electron chi connectivity index (χ4n) is 3.68. The van der Waals surface area contributed by atoms with E-state index in [9.17, 15) is 14.7 Å². The van der Waals surface area contributed by atoms with E-state index in [1.807, 2.05) is 52.0 Å². The molecular weight excluding hydrogens is 424 g/mol. The minimum absolute atomic E-state index is 0.0496. The van der Waals surface area contributed by atoms with Crippen molar-refractivity contribution in [2.45, 2.75) is 33.7 Å². The average molecular weight is 449 g/mol. The van der Waals surface area contributed by atoms with Gasteiger partial charge in [0.2, 0.25) is 0 Å². The fourth-order valence-corrected chi connectivity index (χ4v) is 4.62. The summed E-state index contributed by atoms with van der Waals surface area (Å²) in [7, 11) is 0. The number of aryl methyl sites for hydroxylation is 3. The molecule has 1 fully saturated rings. The van der Waals surface area contributed by atoms with E-state index >= 15 is 0 Å². The molecule has 1 aliphatic heterocycles. The van der Waals surface area contributed by atoms with Gasteiger partial charge in [-0.1, -0.05) is 42.0 Å². The first kappa shape index (κ1) is 21.8. The minimum Gasteiger partial charge on any atom is -0.507 e. The van der Waals surface area contributed by atoms with Crippen LogP contribution in [0.1, 0.15) is 40.2 Å². The Labute approximate surface area is 190 Å². The topological polar surface area (TPSA) is 79.7 Å². The molecule has 1 N–H and O–H groups in total. The molecule has 0 saturated carbocycles. The van der Waals surface area contributed by atoms with Gasteiger partial charge < -0.3 is 9.84 Å². The third-order valence-corrected chi connectivity index (χ3v) is 6.57. The molecule has 32 heavy (non-hydrogen) atoms. The summed E-state index contributed by atoms with van der Waals surface area (Å²) in [4.78, 5) is 33.2. The summed E-state index contributed by atoms with van der Waals surface area (Å²) in [6, 6.07) is 13.6. The van der Waals surface area contributed by atoms with Crippen LogP contribution in [0.25, 0.3) is 5.76 Å². The number of aliphatic hydroxyl groups is 1. The number of hydrogen-bond acceptors (Lipinski definition) is 6. The third kappa shape index (κ3) is 3.80. The van der Waals surface area contributed by atoms with Crippen molar-refractivity contribution in [1.82, 2.24) is 4.98 Å². The number of hydrogen-bond donors (Lipinski definition) is 1. The quantitative estimate of drug-likeness (QED) is 0.334. The summed E-state index contributed by atoms with van der Waals surface area (Å²) < 4.78 is 5.53. The van der Waals surface area contributed by atoms with Gasteiger partial charge in [-0.2, -0.15) is 0 Å². The Morgan fingerprint density at radius 1 is 1.06 bits per heavy atom. The molecule has 4 rings (SSSR count). The summed E-state index contributed by atoms with van der Waals surface area (Å²) in [5.74, 6) is -0.943. The van der Waals surface area contributed by atoms with Crippen LogP contribution in [0.3, 0.4) is 0 Å². The zero-order valence-corrected chi connectivity index (χ0v) is 19.2. The van der Waals surface area contributed by atoms with E-state index < -0.39 is 17.7 Å². The molecule has 2 aromatic carbocycles. The van der Waals surface area contributed by atoms with Crippen LogP contribution in [0, 0.1) is 20.8 Å². The Morgan fingerprint density at radius 3 is 2.28 bits per heavy atom. The number of carbonyl (C=O) groups excluding carboxylic acids is 2. The Hall–Kier alpha value is -3.45. The molecule has 0 bridgehead atoms. The molecule has 1 aliphatic rings. The van der Waals surface area contributed by atoms with Crippen molar-refractivity contribution >= 4 is 33.9 Å². The smallest absolute Gasteiger partial charge is 0.301 e. The van der Waals surface area contributed by atoms with Crippen molar-refractivity contribution in [2.75, 3.05) is 11.5 Å². The summed E-state index contributed by atoms with van der Waals surface area (Å²) in [6.07, 6.45) is 0. The number of ketones is 1. The van der Waals surface area contributed by atoms with E-state index in [0.717, 1.165) is 16.1 Å². The van der Waals surface area contributed by atoms with Gasteiger partial charge in [-0.3, -0.25) is 14.5 Å². The molecule has 0 unspecified atom stereocenters. The lowest BCUT2D eigenvalue weighted by molar-refractivity contribution is -0.132. The van der Waals surface area contributed by atoms with Crippen LogP contribution < -0.4 is 9.64 Å². The van der Waals surface area contributed by atoms with E-state index in [0.29, 0.717) is 28.6 Å². The van der Waals surface area contributed by atoms with Crippen molar-refractivity contribution < 1.29 is 19.4 Å². The predicted octanol–water partition coefficient (Wildman–Crippen LogP) is 5.09. The molecule has 1 saturated heterocycles. The normalized spacial score (nSPS) is 17.8. The SMILES string of the molecule is CCOc1ccc([C@@H]2/C(=C(\O)c3ccc(C)cc3)C(=O)C(=O)N2c2nc(C)c(C)s2)cc1. The van der Waals surface area contributed by atoms with Gasteiger partial charge in [0.1, 0.15) is 11.5 Å². The fraction of sp³-hybridized carbons (Fsp3) is 0.240. The number of benzene rings is 2. The third-order valence-electron chi connectivity index (χ3n) is 5.50. The van der Waals surface area contributed by atoms with Crippen molar-refractivity contribution in [3.63, 3.8) is 0 Å². The van der Waals surface area contributed by atoms with Gasteiger partial charge in [-0.05, 0) is 45.4 Å². The van der Waals surface area contributed by atoms with E-state index in [1.54, 1.807) is 24.3 Å². The van der Waals surface area contributed by atoms with Crippen LogP contribution in [0.4, 0.5) is 5.13 Å². The Morgan fingerprint density at radius 2 is 1.72 bits per heavy atom. The standard InChI is InChI=1S/C25H24N2O4S/c1-5-31-19-12-10-17(11-13-19)21-20(22(28)18-8-6-14(2)7-9-18)23(29)24(30)27(21)25-26-15(3)16(4)32-25/h6-13,21,28H,5H2,1-4H3/b22-20+/t21-/m1/s1. The second kappa shape index (κ2) is 8.59. The Kier molecular flexibility index (Phi) is 5.84. The van der Waals surface area contributed by atoms with Crippen molar-refractivity contribution in [1.29, 1.82) is 0 Å². The predicted molar refractivity (Wildman–Crippen MR) is 125 cm³/mol. The zero-order valence-electron chi connectivity index (χ0n) is 18.4. The van der Waals surface area contributed by atoms with Gasteiger partial charge in [0.25, 0.3) is 5.78 Å². The van der Waals surface area contributed by atoms with Gasteiger partial charge in [-0.15, -0.1) is 11.3 Å². The molecule has 1 amide bonds.